The molecule has 3 heterocycles. The topological polar surface area (TPSA) is 108 Å². The predicted molar refractivity (Wildman–Crippen MR) is 117 cm³/mol. The van der Waals surface area contributed by atoms with Crippen molar-refractivity contribution >= 4 is 22.6 Å². The van der Waals surface area contributed by atoms with E-state index in [-0.39, 0.29) is 23.4 Å². The van der Waals surface area contributed by atoms with Crippen molar-refractivity contribution in [2.24, 2.45) is 0 Å². The number of hydrogen-bond acceptors (Lipinski definition) is 6. The smallest absolute Gasteiger partial charge is 0.261 e. The third-order valence-electron chi connectivity index (χ3n) is 4.86. The standard InChI is InChI=1S/C22H23N7O2/c1-14-7-5-8-15-19(14)25-13-28(20(15)31)12-18(30)26-17-11-16(22(2,3)4)27-29(17)21-23-9-6-10-24-21/h5-11,13H,12H2,1-4H3,(H,26,30). The summed E-state index contributed by atoms with van der Waals surface area (Å²) in [4.78, 5) is 38.4. The summed E-state index contributed by atoms with van der Waals surface area (Å²) in [6.07, 6.45) is 4.61. The van der Waals surface area contributed by atoms with Crippen molar-refractivity contribution in [2.75, 3.05) is 5.32 Å². The van der Waals surface area contributed by atoms with Gasteiger partial charge in [0.1, 0.15) is 12.4 Å². The Hall–Kier alpha value is -3.88. The van der Waals surface area contributed by atoms with Crippen LogP contribution in [0.15, 0.2) is 53.8 Å². The third-order valence-corrected chi connectivity index (χ3v) is 4.86. The van der Waals surface area contributed by atoms with Crippen LogP contribution in [-0.2, 0) is 16.8 Å². The molecule has 1 N–H and O–H groups in total. The number of anilines is 1. The first-order valence-electron chi connectivity index (χ1n) is 9.86. The molecule has 9 nitrogen and oxygen atoms in total. The molecule has 0 unspecified atom stereocenters. The number of carbonyl (C=O) groups is 1. The second-order valence-corrected chi connectivity index (χ2v) is 8.32. The highest BCUT2D eigenvalue weighted by Gasteiger charge is 2.22. The van der Waals surface area contributed by atoms with Crippen LogP contribution in [0, 0.1) is 6.92 Å². The Labute approximate surface area is 178 Å². The molecule has 31 heavy (non-hydrogen) atoms. The fourth-order valence-corrected chi connectivity index (χ4v) is 3.18. The van der Waals surface area contributed by atoms with Gasteiger partial charge in [-0.3, -0.25) is 14.2 Å². The Balaban J connectivity index is 1.65. The number of nitrogens with zero attached hydrogens (tertiary/aromatic N) is 6. The number of nitrogens with one attached hydrogen (secondary N) is 1. The number of benzene rings is 1. The number of fused-ring (bicyclic) bond motifs is 1. The zero-order chi connectivity index (χ0) is 22.2. The highest BCUT2D eigenvalue weighted by Crippen LogP contribution is 2.25. The van der Waals surface area contributed by atoms with E-state index in [0.717, 1.165) is 11.3 Å². The fourth-order valence-electron chi connectivity index (χ4n) is 3.18. The lowest BCUT2D eigenvalue weighted by atomic mass is 9.92. The van der Waals surface area contributed by atoms with Crippen LogP contribution in [0.25, 0.3) is 16.9 Å². The molecule has 4 aromatic rings. The summed E-state index contributed by atoms with van der Waals surface area (Å²) in [6, 6.07) is 8.91. The Morgan fingerprint density at radius 2 is 1.84 bits per heavy atom. The van der Waals surface area contributed by atoms with Gasteiger partial charge in [-0.15, -0.1) is 0 Å². The predicted octanol–water partition coefficient (Wildman–Crippen LogP) is 2.62. The van der Waals surface area contributed by atoms with Gasteiger partial charge in [0.15, 0.2) is 0 Å². The van der Waals surface area contributed by atoms with E-state index >= 15 is 0 Å². The van der Waals surface area contributed by atoms with Crippen LogP contribution in [0.3, 0.4) is 0 Å². The molecule has 1 aromatic carbocycles. The van der Waals surface area contributed by atoms with E-state index in [1.807, 2.05) is 33.8 Å². The maximum Gasteiger partial charge on any atom is 0.261 e. The zero-order valence-electron chi connectivity index (χ0n) is 17.8. The Morgan fingerprint density at radius 1 is 1.10 bits per heavy atom. The molecule has 0 radical (unpaired) electrons. The number of carbonyl (C=O) groups excluding carboxylic acids is 1. The van der Waals surface area contributed by atoms with Gasteiger partial charge in [-0.05, 0) is 24.6 Å². The molecule has 4 rings (SSSR count). The molecule has 0 spiro atoms. The first kappa shape index (κ1) is 20.4. The lowest BCUT2D eigenvalue weighted by molar-refractivity contribution is -0.116. The van der Waals surface area contributed by atoms with Crippen LogP contribution in [0.5, 0.6) is 0 Å². The maximum atomic E-state index is 12.8. The number of amides is 1. The second kappa shape index (κ2) is 7.75. The normalized spacial score (nSPS) is 11.6. The van der Waals surface area contributed by atoms with Gasteiger partial charge in [0.05, 0.1) is 22.9 Å². The lowest BCUT2D eigenvalue weighted by Gasteiger charge is -2.13. The minimum absolute atomic E-state index is 0.179. The van der Waals surface area contributed by atoms with Gasteiger partial charge in [-0.25, -0.2) is 15.0 Å². The molecule has 0 fully saturated rings. The SMILES string of the molecule is Cc1cccc2c(=O)n(CC(=O)Nc3cc(C(C)(C)C)nn3-c3ncccn3)cnc12. The van der Waals surface area contributed by atoms with Gasteiger partial charge in [0.25, 0.3) is 11.5 Å². The van der Waals surface area contributed by atoms with Crippen LogP contribution >= 0.6 is 0 Å². The molecular formula is C22H23N7O2. The van der Waals surface area contributed by atoms with E-state index in [4.69, 9.17) is 0 Å². The second-order valence-electron chi connectivity index (χ2n) is 8.32. The molecule has 0 saturated carbocycles. The minimum atomic E-state index is -0.381. The van der Waals surface area contributed by atoms with Crippen LogP contribution in [0.2, 0.25) is 0 Å². The van der Waals surface area contributed by atoms with Crippen molar-refractivity contribution in [2.45, 2.75) is 39.7 Å². The van der Waals surface area contributed by atoms with Crippen molar-refractivity contribution in [3.8, 4) is 5.95 Å². The van der Waals surface area contributed by atoms with Crippen LogP contribution in [-0.4, -0.2) is 35.2 Å². The molecule has 3 aromatic heterocycles. The van der Waals surface area contributed by atoms with Crippen molar-refractivity contribution < 1.29 is 4.79 Å². The first-order valence-corrected chi connectivity index (χ1v) is 9.86. The number of rotatable bonds is 4. The highest BCUT2D eigenvalue weighted by atomic mass is 16.2. The minimum Gasteiger partial charge on any atom is -0.309 e. The molecule has 0 aliphatic heterocycles. The fraction of sp³-hybridized carbons (Fsp3) is 0.273. The summed E-state index contributed by atoms with van der Waals surface area (Å²) in [7, 11) is 0. The van der Waals surface area contributed by atoms with Crippen LogP contribution in [0.4, 0.5) is 5.82 Å². The van der Waals surface area contributed by atoms with Crippen molar-refractivity contribution in [1.82, 2.24) is 29.3 Å². The molecular weight excluding hydrogens is 394 g/mol. The molecule has 0 aliphatic carbocycles. The zero-order valence-corrected chi connectivity index (χ0v) is 17.8. The largest absolute Gasteiger partial charge is 0.309 e. The third kappa shape index (κ3) is 4.07. The molecule has 158 valence electrons. The summed E-state index contributed by atoms with van der Waals surface area (Å²) in [5.74, 6) is 0.389. The van der Waals surface area contributed by atoms with E-state index in [1.54, 1.807) is 36.7 Å². The molecule has 1 amide bonds. The highest BCUT2D eigenvalue weighted by molar-refractivity contribution is 5.90. The first-order chi connectivity index (χ1) is 14.7. The summed E-state index contributed by atoms with van der Waals surface area (Å²) in [5, 5.41) is 7.89. The number of aromatic nitrogens is 6. The van der Waals surface area contributed by atoms with Gasteiger partial charge in [-0.1, -0.05) is 32.9 Å². The lowest BCUT2D eigenvalue weighted by Crippen LogP contribution is -2.28. The van der Waals surface area contributed by atoms with Gasteiger partial charge in [0.2, 0.25) is 5.91 Å². The van der Waals surface area contributed by atoms with E-state index in [9.17, 15) is 9.59 Å². The van der Waals surface area contributed by atoms with Crippen LogP contribution < -0.4 is 10.9 Å². The molecule has 0 atom stereocenters. The van der Waals surface area contributed by atoms with E-state index in [0.29, 0.717) is 22.7 Å². The number of aryl methyl sites for hydroxylation is 1. The molecule has 9 heteroatoms. The summed E-state index contributed by atoms with van der Waals surface area (Å²) in [5.41, 5.74) is 1.82. The van der Waals surface area contributed by atoms with Gasteiger partial charge >= 0.3 is 0 Å². The average Bonchev–Trinajstić information content (AvgIpc) is 3.15. The quantitative estimate of drug-likeness (QED) is 0.547. The number of para-hydroxylation sites is 1. The van der Waals surface area contributed by atoms with E-state index < -0.39 is 0 Å². The van der Waals surface area contributed by atoms with Crippen molar-refractivity contribution in [3.63, 3.8) is 0 Å². The molecule has 0 aliphatic rings. The molecule has 0 saturated heterocycles. The van der Waals surface area contributed by atoms with Crippen molar-refractivity contribution in [1.29, 1.82) is 0 Å². The van der Waals surface area contributed by atoms with E-state index in [1.165, 1.54) is 15.6 Å². The van der Waals surface area contributed by atoms with Gasteiger partial charge in [0, 0.05) is 23.9 Å². The van der Waals surface area contributed by atoms with Crippen LogP contribution in [0.1, 0.15) is 32.0 Å². The monoisotopic (exact) mass is 417 g/mol. The van der Waals surface area contributed by atoms with Gasteiger partial charge in [-0.2, -0.15) is 9.78 Å². The van der Waals surface area contributed by atoms with Crippen molar-refractivity contribution in [3.05, 3.63) is 70.7 Å². The number of hydrogen-bond donors (Lipinski definition) is 1. The summed E-state index contributed by atoms with van der Waals surface area (Å²) >= 11 is 0. The Kier molecular flexibility index (Phi) is 5.10. The Morgan fingerprint density at radius 3 is 2.55 bits per heavy atom. The summed E-state index contributed by atoms with van der Waals surface area (Å²) in [6.45, 7) is 7.80. The average molecular weight is 417 g/mol. The Bertz CT molecular complexity index is 1320. The molecule has 0 bridgehead atoms. The summed E-state index contributed by atoms with van der Waals surface area (Å²) < 4.78 is 2.78. The van der Waals surface area contributed by atoms with Gasteiger partial charge < -0.3 is 5.32 Å². The van der Waals surface area contributed by atoms with E-state index in [2.05, 4.69) is 25.4 Å². The maximum absolute atomic E-state index is 12.8.